The van der Waals surface area contributed by atoms with Crippen molar-refractivity contribution < 1.29 is 12.8 Å². The molecule has 0 aliphatic rings. The quantitative estimate of drug-likeness (QED) is 0.731. The summed E-state index contributed by atoms with van der Waals surface area (Å²) in [6, 6.07) is 0.949. The fraction of sp³-hybridized carbons (Fsp3) is 0.300. The summed E-state index contributed by atoms with van der Waals surface area (Å²) in [5, 5.41) is -0.176. The summed E-state index contributed by atoms with van der Waals surface area (Å²) in [5.41, 5.74) is 5.68. The molecule has 4 N–H and O–H groups in total. The lowest BCUT2D eigenvalue weighted by Gasteiger charge is -2.14. The number of H-pyrrole nitrogens is 1. The Labute approximate surface area is 127 Å². The average Bonchev–Trinajstić information content (AvgIpc) is 2.68. The zero-order chi connectivity index (χ0) is 15.1. The Morgan fingerprint density at radius 2 is 2.25 bits per heavy atom. The van der Waals surface area contributed by atoms with Crippen molar-refractivity contribution in [1.82, 2.24) is 9.71 Å². The number of hydrogen-bond acceptors (Lipinski definition) is 5. The summed E-state index contributed by atoms with van der Waals surface area (Å²) in [7, 11) is -3.90. The van der Waals surface area contributed by atoms with Crippen LogP contribution in [0.3, 0.4) is 0 Å². The highest BCUT2D eigenvalue weighted by Crippen LogP contribution is 2.35. The normalized spacial score (nSPS) is 13.8. The fourth-order valence-corrected chi connectivity index (χ4v) is 4.74. The smallest absolute Gasteiger partial charge is 0.406 e. The number of rotatable bonds is 4. The van der Waals surface area contributed by atoms with Gasteiger partial charge in [-0.1, -0.05) is 11.6 Å². The van der Waals surface area contributed by atoms with Crippen LogP contribution in [-0.4, -0.2) is 26.0 Å². The minimum atomic E-state index is -3.90. The molecule has 0 saturated heterocycles. The molecule has 0 spiro atoms. The molecular weight excluding hydrogens is 374 g/mol. The number of sulfonamides is 1. The summed E-state index contributed by atoms with van der Waals surface area (Å²) in [4.78, 5) is 13.4. The standard InChI is InChI=1S/C10H11BrClN3O4S/c1-4(3-13)15-20(17,18)9-5(11)2-6-8(7(9)12)19-10(16)14-6/h2,4,15H,3,13H2,1H3,(H,14,16)/t4-/m0/s1. The van der Waals surface area contributed by atoms with E-state index in [1.54, 1.807) is 6.92 Å². The summed E-state index contributed by atoms with van der Waals surface area (Å²) in [6.07, 6.45) is 0. The van der Waals surface area contributed by atoms with E-state index in [0.29, 0.717) is 5.52 Å². The van der Waals surface area contributed by atoms with Crippen molar-refractivity contribution in [2.45, 2.75) is 17.9 Å². The largest absolute Gasteiger partial charge is 0.417 e. The molecular formula is C10H11BrClN3O4S. The van der Waals surface area contributed by atoms with E-state index >= 15 is 0 Å². The molecule has 1 atom stereocenters. The van der Waals surface area contributed by atoms with Gasteiger partial charge in [-0.15, -0.1) is 0 Å². The van der Waals surface area contributed by atoms with Crippen LogP contribution in [0.4, 0.5) is 0 Å². The lowest BCUT2D eigenvalue weighted by Crippen LogP contribution is -2.38. The molecule has 1 aromatic heterocycles. The van der Waals surface area contributed by atoms with Crippen LogP contribution in [-0.2, 0) is 10.0 Å². The van der Waals surface area contributed by atoms with Crippen LogP contribution < -0.4 is 16.2 Å². The number of nitrogens with one attached hydrogen (secondary N) is 2. The van der Waals surface area contributed by atoms with Crippen LogP contribution in [0.15, 0.2) is 24.6 Å². The second-order valence-corrected chi connectivity index (χ2v) is 7.03. The van der Waals surface area contributed by atoms with Crippen molar-refractivity contribution in [2.24, 2.45) is 5.73 Å². The third kappa shape index (κ3) is 2.77. The molecule has 2 aromatic rings. The number of oxazole rings is 1. The van der Waals surface area contributed by atoms with E-state index < -0.39 is 21.8 Å². The predicted octanol–water partition coefficient (Wildman–Crippen LogP) is 1.16. The highest BCUT2D eigenvalue weighted by Gasteiger charge is 2.26. The average molecular weight is 385 g/mol. The Hall–Kier alpha value is -0.870. The maximum Gasteiger partial charge on any atom is 0.417 e. The molecule has 1 heterocycles. The molecule has 10 heteroatoms. The lowest BCUT2D eigenvalue weighted by molar-refractivity contribution is 0.551. The summed E-state index contributed by atoms with van der Waals surface area (Å²) in [5.74, 6) is -0.716. The van der Waals surface area contributed by atoms with Crippen molar-refractivity contribution in [3.63, 3.8) is 0 Å². The van der Waals surface area contributed by atoms with Crippen LogP contribution in [0, 0.1) is 0 Å². The Kier molecular flexibility index (Phi) is 4.26. The molecule has 0 aliphatic heterocycles. The van der Waals surface area contributed by atoms with Crippen molar-refractivity contribution in [3.8, 4) is 0 Å². The van der Waals surface area contributed by atoms with E-state index in [-0.39, 0.29) is 26.5 Å². The maximum atomic E-state index is 12.3. The Bertz CT molecular complexity index is 814. The Morgan fingerprint density at radius 3 is 2.85 bits per heavy atom. The summed E-state index contributed by atoms with van der Waals surface area (Å²) >= 11 is 9.16. The van der Waals surface area contributed by atoms with Gasteiger partial charge >= 0.3 is 5.76 Å². The van der Waals surface area contributed by atoms with Gasteiger partial charge in [-0.2, -0.15) is 0 Å². The van der Waals surface area contributed by atoms with Crippen LogP contribution in [0.2, 0.25) is 5.02 Å². The maximum absolute atomic E-state index is 12.3. The topological polar surface area (TPSA) is 118 Å². The van der Waals surface area contributed by atoms with E-state index in [0.717, 1.165) is 0 Å². The molecule has 0 fully saturated rings. The van der Waals surface area contributed by atoms with Crippen molar-refractivity contribution in [1.29, 1.82) is 0 Å². The van der Waals surface area contributed by atoms with E-state index in [4.69, 9.17) is 21.8 Å². The van der Waals surface area contributed by atoms with Gasteiger partial charge in [-0.05, 0) is 28.9 Å². The van der Waals surface area contributed by atoms with Gasteiger partial charge in [0.2, 0.25) is 10.0 Å². The fourth-order valence-electron chi connectivity index (χ4n) is 1.62. The molecule has 2 rings (SSSR count). The first kappa shape index (κ1) is 15.5. The van der Waals surface area contributed by atoms with Gasteiger partial charge in [0.25, 0.3) is 0 Å². The lowest BCUT2D eigenvalue weighted by atomic mass is 10.3. The number of benzene rings is 1. The second kappa shape index (κ2) is 5.49. The van der Waals surface area contributed by atoms with Gasteiger partial charge in [0.05, 0.1) is 5.52 Å². The summed E-state index contributed by atoms with van der Waals surface area (Å²) < 4.78 is 32.0. The molecule has 20 heavy (non-hydrogen) atoms. The Morgan fingerprint density at radius 1 is 1.60 bits per heavy atom. The molecule has 0 unspecified atom stereocenters. The number of halogens is 2. The SMILES string of the molecule is C[C@@H](CN)NS(=O)(=O)c1c(Br)cc2[nH]c(=O)oc2c1Cl. The van der Waals surface area contributed by atoms with E-state index in [9.17, 15) is 13.2 Å². The van der Waals surface area contributed by atoms with Gasteiger partial charge in [0, 0.05) is 17.1 Å². The molecule has 0 saturated carbocycles. The van der Waals surface area contributed by atoms with Crippen LogP contribution in [0.1, 0.15) is 6.92 Å². The molecule has 0 bridgehead atoms. The van der Waals surface area contributed by atoms with Crippen molar-refractivity contribution >= 4 is 48.7 Å². The zero-order valence-corrected chi connectivity index (χ0v) is 13.4. The van der Waals surface area contributed by atoms with Crippen molar-refractivity contribution in [2.75, 3.05) is 6.54 Å². The highest BCUT2D eigenvalue weighted by molar-refractivity contribution is 9.10. The molecule has 0 radical (unpaired) electrons. The monoisotopic (exact) mass is 383 g/mol. The van der Waals surface area contributed by atoms with Crippen LogP contribution in [0.5, 0.6) is 0 Å². The first-order valence-electron chi connectivity index (χ1n) is 5.49. The number of hydrogen-bond donors (Lipinski definition) is 3. The number of aromatic amines is 1. The summed E-state index contributed by atoms with van der Waals surface area (Å²) in [6.45, 7) is 1.75. The first-order chi connectivity index (χ1) is 9.26. The number of fused-ring (bicyclic) bond motifs is 1. The van der Waals surface area contributed by atoms with Gasteiger partial charge in [0.15, 0.2) is 5.58 Å². The van der Waals surface area contributed by atoms with E-state index in [1.807, 2.05) is 0 Å². The zero-order valence-electron chi connectivity index (χ0n) is 10.2. The number of aromatic nitrogens is 1. The van der Waals surface area contributed by atoms with Gasteiger partial charge in [-0.25, -0.2) is 17.9 Å². The highest BCUT2D eigenvalue weighted by atomic mass is 79.9. The van der Waals surface area contributed by atoms with Gasteiger partial charge in [-0.3, -0.25) is 4.98 Å². The van der Waals surface area contributed by atoms with Crippen LogP contribution >= 0.6 is 27.5 Å². The molecule has 0 amide bonds. The Balaban J connectivity index is 2.68. The van der Waals surface area contributed by atoms with E-state index in [1.165, 1.54) is 6.07 Å². The van der Waals surface area contributed by atoms with Gasteiger partial charge in [0.1, 0.15) is 9.92 Å². The number of nitrogens with two attached hydrogens (primary N) is 1. The molecule has 7 nitrogen and oxygen atoms in total. The first-order valence-corrected chi connectivity index (χ1v) is 8.15. The third-order valence-corrected chi connectivity index (χ3v) is 5.58. The molecule has 0 aliphatic carbocycles. The molecule has 1 aromatic carbocycles. The second-order valence-electron chi connectivity index (χ2n) is 4.15. The minimum absolute atomic E-state index is 0.0133. The predicted molar refractivity (Wildman–Crippen MR) is 78.4 cm³/mol. The van der Waals surface area contributed by atoms with Crippen molar-refractivity contribution in [3.05, 3.63) is 26.1 Å². The molecule has 110 valence electrons. The minimum Gasteiger partial charge on any atom is -0.406 e. The van der Waals surface area contributed by atoms with Crippen LogP contribution in [0.25, 0.3) is 11.1 Å². The third-order valence-electron chi connectivity index (χ3n) is 2.54. The van der Waals surface area contributed by atoms with E-state index in [2.05, 4.69) is 25.6 Å². The van der Waals surface area contributed by atoms with Gasteiger partial charge < -0.3 is 10.2 Å².